The van der Waals surface area contributed by atoms with Crippen LogP contribution in [0.15, 0.2) is 30.0 Å². The van der Waals surface area contributed by atoms with Crippen molar-refractivity contribution >= 4 is 13.9 Å². The van der Waals surface area contributed by atoms with E-state index in [4.69, 9.17) is 4.43 Å². The van der Waals surface area contributed by atoms with E-state index in [0.29, 0.717) is 0 Å². The Labute approximate surface area is 118 Å². The Bertz CT molecular complexity index is 506. The third-order valence-corrected chi connectivity index (χ3v) is 9.01. The standard InChI is InChI=1S/C17H26OSi/c1-13-15-10-8-7-9-14(15)11-12-16(13)18-19(5,6)17(2,3)4/h7-10H,11-12H2,1-6H3. The molecule has 2 rings (SSSR count). The van der Waals surface area contributed by atoms with Crippen LogP contribution in [0.3, 0.4) is 0 Å². The minimum Gasteiger partial charge on any atom is -0.546 e. The van der Waals surface area contributed by atoms with Crippen molar-refractivity contribution < 1.29 is 4.43 Å². The molecule has 0 N–H and O–H groups in total. The van der Waals surface area contributed by atoms with Gasteiger partial charge in [-0.1, -0.05) is 45.0 Å². The monoisotopic (exact) mass is 274 g/mol. The summed E-state index contributed by atoms with van der Waals surface area (Å²) in [5, 5.41) is 0.261. The highest BCUT2D eigenvalue weighted by molar-refractivity contribution is 6.74. The lowest BCUT2D eigenvalue weighted by Crippen LogP contribution is -2.40. The van der Waals surface area contributed by atoms with Gasteiger partial charge < -0.3 is 4.43 Å². The summed E-state index contributed by atoms with van der Waals surface area (Å²) in [6, 6.07) is 8.71. The summed E-state index contributed by atoms with van der Waals surface area (Å²) in [6.45, 7) is 13.8. The summed E-state index contributed by atoms with van der Waals surface area (Å²) in [6.07, 6.45) is 2.16. The lowest BCUT2D eigenvalue weighted by molar-refractivity contribution is 0.366. The van der Waals surface area contributed by atoms with Crippen molar-refractivity contribution in [1.29, 1.82) is 0 Å². The predicted octanol–water partition coefficient (Wildman–Crippen LogP) is 5.39. The van der Waals surface area contributed by atoms with Gasteiger partial charge in [-0.05, 0) is 48.2 Å². The normalized spacial score (nSPS) is 16.3. The molecule has 1 nitrogen and oxygen atoms in total. The van der Waals surface area contributed by atoms with Crippen molar-refractivity contribution in [2.24, 2.45) is 0 Å². The molecule has 0 unspecified atom stereocenters. The Hall–Kier alpha value is -1.02. The van der Waals surface area contributed by atoms with E-state index < -0.39 is 8.32 Å². The van der Waals surface area contributed by atoms with Crippen LogP contribution in [0, 0.1) is 0 Å². The van der Waals surface area contributed by atoms with E-state index in [0.717, 1.165) is 12.8 Å². The topological polar surface area (TPSA) is 9.23 Å². The molecule has 0 saturated carbocycles. The molecule has 1 aliphatic rings. The fourth-order valence-electron chi connectivity index (χ4n) is 2.28. The van der Waals surface area contributed by atoms with Gasteiger partial charge in [-0.15, -0.1) is 0 Å². The van der Waals surface area contributed by atoms with Crippen LogP contribution < -0.4 is 0 Å². The highest BCUT2D eigenvalue weighted by Crippen LogP contribution is 2.41. The van der Waals surface area contributed by atoms with Gasteiger partial charge in [0.15, 0.2) is 0 Å². The van der Waals surface area contributed by atoms with E-state index in [1.807, 2.05) is 0 Å². The Balaban J connectivity index is 2.33. The third-order valence-electron chi connectivity index (χ3n) is 4.65. The molecular formula is C17H26OSi. The summed E-state index contributed by atoms with van der Waals surface area (Å²) < 4.78 is 6.53. The molecule has 1 aliphatic carbocycles. The van der Waals surface area contributed by atoms with Gasteiger partial charge in [0.25, 0.3) is 0 Å². The lowest BCUT2D eigenvalue weighted by Gasteiger charge is -2.39. The van der Waals surface area contributed by atoms with Crippen LogP contribution in [-0.4, -0.2) is 8.32 Å². The van der Waals surface area contributed by atoms with Crippen LogP contribution in [-0.2, 0) is 10.8 Å². The summed E-state index contributed by atoms with van der Waals surface area (Å²) in [5.74, 6) is 1.23. The van der Waals surface area contributed by atoms with Crippen LogP contribution >= 0.6 is 0 Å². The number of benzene rings is 1. The molecule has 0 aliphatic heterocycles. The van der Waals surface area contributed by atoms with Gasteiger partial charge in [0.1, 0.15) is 0 Å². The average Bonchev–Trinajstić information content (AvgIpc) is 2.31. The van der Waals surface area contributed by atoms with Gasteiger partial charge in [-0.25, -0.2) is 0 Å². The van der Waals surface area contributed by atoms with Crippen LogP contribution in [0.2, 0.25) is 18.1 Å². The second kappa shape index (κ2) is 4.82. The molecule has 104 valence electrons. The lowest BCUT2D eigenvalue weighted by atomic mass is 9.91. The van der Waals surface area contributed by atoms with Gasteiger partial charge in [-0.3, -0.25) is 0 Å². The first-order valence-corrected chi connectivity index (χ1v) is 10.1. The Morgan fingerprint density at radius 2 is 1.68 bits per heavy atom. The van der Waals surface area contributed by atoms with E-state index in [1.54, 1.807) is 0 Å². The quantitative estimate of drug-likeness (QED) is 0.657. The molecule has 0 heterocycles. The van der Waals surface area contributed by atoms with E-state index in [-0.39, 0.29) is 5.04 Å². The molecule has 0 radical (unpaired) electrons. The zero-order valence-corrected chi connectivity index (χ0v) is 14.1. The van der Waals surface area contributed by atoms with E-state index in [1.165, 1.54) is 22.5 Å². The number of allylic oxidation sites excluding steroid dienone is 2. The molecule has 1 aromatic rings. The maximum atomic E-state index is 6.53. The number of aryl methyl sites for hydroxylation is 1. The number of hydrogen-bond donors (Lipinski definition) is 0. The first-order chi connectivity index (χ1) is 8.72. The molecule has 1 aromatic carbocycles. The van der Waals surface area contributed by atoms with Gasteiger partial charge >= 0.3 is 0 Å². The second-order valence-corrected chi connectivity index (χ2v) is 11.8. The number of fused-ring (bicyclic) bond motifs is 1. The van der Waals surface area contributed by atoms with Gasteiger partial charge in [0.2, 0.25) is 8.32 Å². The SMILES string of the molecule is CC1=C(O[Si](C)(C)C(C)(C)C)CCc2ccccc21. The van der Waals surface area contributed by atoms with Crippen molar-refractivity contribution in [2.45, 2.75) is 58.7 Å². The Morgan fingerprint density at radius 1 is 1.05 bits per heavy atom. The first-order valence-electron chi connectivity index (χ1n) is 7.19. The zero-order valence-electron chi connectivity index (χ0n) is 13.1. The molecule has 0 amide bonds. The summed E-state index contributed by atoms with van der Waals surface area (Å²) in [4.78, 5) is 0. The largest absolute Gasteiger partial charge is 0.546 e. The maximum Gasteiger partial charge on any atom is 0.250 e. The van der Waals surface area contributed by atoms with Crippen LogP contribution in [0.5, 0.6) is 0 Å². The van der Waals surface area contributed by atoms with Crippen molar-refractivity contribution in [2.75, 3.05) is 0 Å². The van der Waals surface area contributed by atoms with E-state index in [2.05, 4.69) is 65.1 Å². The highest BCUT2D eigenvalue weighted by Gasteiger charge is 2.40. The van der Waals surface area contributed by atoms with E-state index >= 15 is 0 Å². The van der Waals surface area contributed by atoms with Crippen molar-refractivity contribution in [3.05, 3.63) is 41.2 Å². The van der Waals surface area contributed by atoms with Crippen LogP contribution in [0.1, 0.15) is 45.2 Å². The Kier molecular flexibility index (Phi) is 3.65. The fraction of sp³-hybridized carbons (Fsp3) is 0.529. The first kappa shape index (κ1) is 14.4. The smallest absolute Gasteiger partial charge is 0.250 e. The van der Waals surface area contributed by atoms with Crippen LogP contribution in [0.25, 0.3) is 5.57 Å². The number of rotatable bonds is 2. The van der Waals surface area contributed by atoms with Crippen LogP contribution in [0.4, 0.5) is 0 Å². The maximum absolute atomic E-state index is 6.53. The van der Waals surface area contributed by atoms with Gasteiger partial charge in [-0.2, -0.15) is 0 Å². The van der Waals surface area contributed by atoms with Gasteiger partial charge in [0, 0.05) is 6.42 Å². The molecule has 0 aromatic heterocycles. The van der Waals surface area contributed by atoms with E-state index in [9.17, 15) is 0 Å². The Morgan fingerprint density at radius 3 is 2.32 bits per heavy atom. The molecular weight excluding hydrogens is 248 g/mol. The highest BCUT2D eigenvalue weighted by atomic mass is 28.4. The minimum atomic E-state index is -1.71. The molecule has 0 bridgehead atoms. The summed E-state index contributed by atoms with van der Waals surface area (Å²) in [5.41, 5.74) is 4.18. The zero-order chi connectivity index (χ0) is 14.3. The molecule has 19 heavy (non-hydrogen) atoms. The summed E-state index contributed by atoms with van der Waals surface area (Å²) >= 11 is 0. The molecule has 2 heteroatoms. The minimum absolute atomic E-state index is 0.261. The molecule has 0 atom stereocenters. The molecule has 0 fully saturated rings. The van der Waals surface area contributed by atoms with Crippen molar-refractivity contribution in [1.82, 2.24) is 0 Å². The van der Waals surface area contributed by atoms with Crippen molar-refractivity contribution in [3.63, 3.8) is 0 Å². The average molecular weight is 274 g/mol. The fourth-order valence-corrected chi connectivity index (χ4v) is 3.46. The second-order valence-electron chi connectivity index (χ2n) is 7.07. The number of hydrogen-bond acceptors (Lipinski definition) is 1. The predicted molar refractivity (Wildman–Crippen MR) is 85.6 cm³/mol. The van der Waals surface area contributed by atoms with Gasteiger partial charge in [0.05, 0.1) is 5.76 Å². The third kappa shape index (κ3) is 2.79. The molecule has 0 saturated heterocycles. The van der Waals surface area contributed by atoms with Crippen molar-refractivity contribution in [3.8, 4) is 0 Å². The summed E-state index contributed by atoms with van der Waals surface area (Å²) in [7, 11) is -1.71. The molecule has 0 spiro atoms.